The number of hydrogen-bond acceptors (Lipinski definition) is 5. The van der Waals surface area contributed by atoms with E-state index in [0.29, 0.717) is 12.8 Å². The van der Waals surface area contributed by atoms with E-state index in [2.05, 4.69) is 39.0 Å². The van der Waals surface area contributed by atoms with Crippen LogP contribution in [0.4, 0.5) is 5.69 Å². The smallest absolute Gasteiger partial charge is 0.231 e. The third-order valence-electron chi connectivity index (χ3n) is 6.36. The molecule has 5 rings (SSSR count). The summed E-state index contributed by atoms with van der Waals surface area (Å²) in [4.78, 5) is 7.71. The number of hydrogen-bond donors (Lipinski definition) is 0. The summed E-state index contributed by atoms with van der Waals surface area (Å²) in [5.41, 5.74) is 2.48. The number of likely N-dealkylation sites (tertiary alicyclic amines) is 1. The minimum atomic E-state index is 0.339. The number of benzene rings is 2. The highest BCUT2D eigenvalue weighted by molar-refractivity contribution is 6.30. The second-order valence-corrected chi connectivity index (χ2v) is 8.62. The van der Waals surface area contributed by atoms with Crippen LogP contribution in [0.2, 0.25) is 5.02 Å². The van der Waals surface area contributed by atoms with Gasteiger partial charge in [-0.15, -0.1) is 0 Å². The van der Waals surface area contributed by atoms with E-state index in [1.165, 1.54) is 24.1 Å². The molecule has 6 heteroatoms. The lowest BCUT2D eigenvalue weighted by atomic mass is 10.0. The first-order chi connectivity index (χ1) is 14.3. The fourth-order valence-corrected chi connectivity index (χ4v) is 5.03. The number of fused-ring (bicyclic) bond motifs is 1. The van der Waals surface area contributed by atoms with Crippen LogP contribution >= 0.6 is 11.6 Å². The lowest BCUT2D eigenvalue weighted by Gasteiger charge is -2.44. The highest BCUT2D eigenvalue weighted by atomic mass is 35.5. The molecule has 3 aliphatic rings. The Hall–Kier alpha value is -1.95. The summed E-state index contributed by atoms with van der Waals surface area (Å²) in [7, 11) is 0. The van der Waals surface area contributed by atoms with Crippen molar-refractivity contribution in [2.24, 2.45) is 0 Å². The molecule has 2 aromatic carbocycles. The highest BCUT2D eigenvalue weighted by Gasteiger charge is 2.29. The summed E-state index contributed by atoms with van der Waals surface area (Å²) < 4.78 is 11.2. The minimum absolute atomic E-state index is 0.339. The molecule has 2 aromatic rings. The number of nitrogens with zero attached hydrogens (tertiary/aromatic N) is 3. The van der Waals surface area contributed by atoms with Gasteiger partial charge in [0.25, 0.3) is 0 Å². The molecule has 0 aliphatic carbocycles. The molecule has 2 fully saturated rings. The van der Waals surface area contributed by atoms with Crippen molar-refractivity contribution < 1.29 is 9.47 Å². The van der Waals surface area contributed by atoms with Crippen LogP contribution in [-0.2, 0) is 6.54 Å². The maximum Gasteiger partial charge on any atom is 0.231 e. The van der Waals surface area contributed by atoms with Crippen molar-refractivity contribution in [1.29, 1.82) is 0 Å². The van der Waals surface area contributed by atoms with Crippen LogP contribution in [0.15, 0.2) is 42.5 Å². The summed E-state index contributed by atoms with van der Waals surface area (Å²) in [6.45, 7) is 7.91. The molecule has 0 amide bonds. The molecular weight excluding hydrogens is 386 g/mol. The Bertz CT molecular complexity index is 854. The van der Waals surface area contributed by atoms with Crippen LogP contribution in [-0.4, -0.2) is 61.9 Å². The first kappa shape index (κ1) is 19.0. The summed E-state index contributed by atoms with van der Waals surface area (Å²) >= 11 is 6.17. The fourth-order valence-electron chi connectivity index (χ4n) is 4.85. The topological polar surface area (TPSA) is 28.2 Å². The zero-order chi connectivity index (χ0) is 19.6. The molecule has 0 aromatic heterocycles. The Morgan fingerprint density at radius 2 is 1.83 bits per heavy atom. The average molecular weight is 414 g/mol. The van der Waals surface area contributed by atoms with Crippen molar-refractivity contribution in [3.05, 3.63) is 53.1 Å². The molecular formula is C23H28ClN3O2. The number of para-hydroxylation sites is 1. The third kappa shape index (κ3) is 4.18. The van der Waals surface area contributed by atoms with E-state index in [4.69, 9.17) is 21.1 Å². The van der Waals surface area contributed by atoms with Crippen LogP contribution in [0.1, 0.15) is 18.4 Å². The monoisotopic (exact) mass is 413 g/mol. The van der Waals surface area contributed by atoms with Crippen LogP contribution in [0, 0.1) is 0 Å². The predicted molar refractivity (Wildman–Crippen MR) is 116 cm³/mol. The van der Waals surface area contributed by atoms with Gasteiger partial charge >= 0.3 is 0 Å². The number of ether oxygens (including phenoxy) is 2. The van der Waals surface area contributed by atoms with E-state index in [-0.39, 0.29) is 0 Å². The van der Waals surface area contributed by atoms with Crippen molar-refractivity contribution in [1.82, 2.24) is 9.80 Å². The molecule has 3 aliphatic heterocycles. The van der Waals surface area contributed by atoms with E-state index in [1.54, 1.807) is 0 Å². The van der Waals surface area contributed by atoms with E-state index < -0.39 is 0 Å². The van der Waals surface area contributed by atoms with Crippen LogP contribution < -0.4 is 14.4 Å². The maximum atomic E-state index is 6.17. The van der Waals surface area contributed by atoms with Gasteiger partial charge in [0, 0.05) is 61.6 Å². The van der Waals surface area contributed by atoms with Gasteiger partial charge in [0.1, 0.15) is 0 Å². The SMILES string of the molecule is Clc1cccc(N2CCN([C@H]3CCCN(Cc4cccc5c4OCO5)C3)CC2)c1. The lowest BCUT2D eigenvalue weighted by molar-refractivity contribution is 0.0880. The standard InChI is InChI=1S/C23H28ClN3O2/c24-19-5-2-6-20(14-19)26-10-12-27(13-11-26)21-7-3-9-25(16-21)15-18-4-1-8-22-23(18)29-17-28-22/h1-2,4-6,8,14,21H,3,7,9-13,15-17H2/t21-/m0/s1. The summed E-state index contributed by atoms with van der Waals surface area (Å²) in [6.07, 6.45) is 2.55. The van der Waals surface area contributed by atoms with Crippen molar-refractivity contribution in [3.8, 4) is 11.5 Å². The molecule has 0 saturated carbocycles. The number of piperidine rings is 1. The maximum absolute atomic E-state index is 6.17. The zero-order valence-corrected chi connectivity index (χ0v) is 17.5. The predicted octanol–water partition coefficient (Wildman–Crippen LogP) is 3.86. The van der Waals surface area contributed by atoms with Crippen molar-refractivity contribution >= 4 is 17.3 Å². The highest BCUT2D eigenvalue weighted by Crippen LogP contribution is 2.36. The van der Waals surface area contributed by atoms with Gasteiger partial charge in [0.15, 0.2) is 11.5 Å². The van der Waals surface area contributed by atoms with Gasteiger partial charge in [-0.25, -0.2) is 0 Å². The van der Waals surface area contributed by atoms with E-state index in [1.807, 2.05) is 18.2 Å². The molecule has 0 bridgehead atoms. The largest absolute Gasteiger partial charge is 0.454 e. The fraction of sp³-hybridized carbons (Fsp3) is 0.478. The number of halogens is 1. The molecule has 3 heterocycles. The van der Waals surface area contributed by atoms with Crippen molar-refractivity contribution in [2.75, 3.05) is 51.0 Å². The van der Waals surface area contributed by atoms with E-state index >= 15 is 0 Å². The zero-order valence-electron chi connectivity index (χ0n) is 16.7. The van der Waals surface area contributed by atoms with Crippen LogP contribution in [0.25, 0.3) is 0 Å². The van der Waals surface area contributed by atoms with Gasteiger partial charge in [0.05, 0.1) is 0 Å². The van der Waals surface area contributed by atoms with Gasteiger partial charge in [-0.05, 0) is 43.7 Å². The average Bonchev–Trinajstić information content (AvgIpc) is 3.24. The summed E-state index contributed by atoms with van der Waals surface area (Å²) in [5, 5.41) is 0.814. The Morgan fingerprint density at radius 3 is 2.69 bits per heavy atom. The first-order valence-electron chi connectivity index (χ1n) is 10.6. The summed E-state index contributed by atoms with van der Waals surface area (Å²) in [6, 6.07) is 15.1. The Kier molecular flexibility index (Phi) is 5.53. The second kappa shape index (κ2) is 8.42. The molecule has 1 atom stereocenters. The van der Waals surface area contributed by atoms with Gasteiger partial charge in [-0.3, -0.25) is 9.80 Å². The minimum Gasteiger partial charge on any atom is -0.454 e. The number of anilines is 1. The Labute approximate surface area is 177 Å². The molecule has 0 N–H and O–H groups in total. The van der Waals surface area contributed by atoms with Crippen LogP contribution in [0.3, 0.4) is 0 Å². The van der Waals surface area contributed by atoms with Gasteiger partial charge in [-0.1, -0.05) is 29.8 Å². The third-order valence-corrected chi connectivity index (χ3v) is 6.59. The quantitative estimate of drug-likeness (QED) is 0.759. The van der Waals surface area contributed by atoms with E-state index in [0.717, 1.165) is 62.3 Å². The van der Waals surface area contributed by atoms with Crippen molar-refractivity contribution in [3.63, 3.8) is 0 Å². The number of piperazine rings is 1. The number of rotatable bonds is 4. The van der Waals surface area contributed by atoms with Gasteiger partial charge < -0.3 is 14.4 Å². The second-order valence-electron chi connectivity index (χ2n) is 8.18. The van der Waals surface area contributed by atoms with Crippen LogP contribution in [0.5, 0.6) is 11.5 Å². The summed E-state index contributed by atoms with van der Waals surface area (Å²) in [5.74, 6) is 1.82. The molecule has 0 spiro atoms. The van der Waals surface area contributed by atoms with Gasteiger partial charge in [0.2, 0.25) is 6.79 Å². The first-order valence-corrected chi connectivity index (χ1v) is 11.0. The van der Waals surface area contributed by atoms with Gasteiger partial charge in [-0.2, -0.15) is 0 Å². The molecule has 154 valence electrons. The normalized spacial score (nSPS) is 22.8. The molecule has 2 saturated heterocycles. The Balaban J connectivity index is 1.18. The molecule has 0 unspecified atom stereocenters. The molecule has 29 heavy (non-hydrogen) atoms. The molecule has 5 nitrogen and oxygen atoms in total. The van der Waals surface area contributed by atoms with E-state index in [9.17, 15) is 0 Å². The lowest BCUT2D eigenvalue weighted by Crippen LogP contribution is -2.55. The molecule has 0 radical (unpaired) electrons. The Morgan fingerprint density at radius 1 is 0.966 bits per heavy atom. The van der Waals surface area contributed by atoms with Crippen molar-refractivity contribution in [2.45, 2.75) is 25.4 Å².